The van der Waals surface area contributed by atoms with Gasteiger partial charge in [0.15, 0.2) is 0 Å². The number of sulfonamides is 1. The van der Waals surface area contributed by atoms with Gasteiger partial charge in [-0.15, -0.1) is 0 Å². The van der Waals surface area contributed by atoms with Gasteiger partial charge in [-0.1, -0.05) is 18.2 Å². The van der Waals surface area contributed by atoms with Crippen molar-refractivity contribution >= 4 is 31.8 Å². The quantitative estimate of drug-likeness (QED) is 0.728. The monoisotopic (exact) mass is 311 g/mol. The van der Waals surface area contributed by atoms with Crippen molar-refractivity contribution in [3.05, 3.63) is 29.8 Å². The summed E-state index contributed by atoms with van der Waals surface area (Å²) < 4.78 is 29.4. The van der Waals surface area contributed by atoms with Crippen molar-refractivity contribution in [1.29, 1.82) is 0 Å². The minimum absolute atomic E-state index is 0.0142. The molecular formula is C13H17N3O2S2. The molecule has 0 aromatic heterocycles. The number of piperazine rings is 1. The second-order valence-corrected chi connectivity index (χ2v) is 7.86. The number of benzene rings is 1. The summed E-state index contributed by atoms with van der Waals surface area (Å²) in [7, 11) is -3.12. The Bertz CT molecular complexity index is 708. The van der Waals surface area contributed by atoms with E-state index in [0.717, 1.165) is 16.2 Å². The zero-order valence-corrected chi connectivity index (χ0v) is 13.1. The van der Waals surface area contributed by atoms with Crippen molar-refractivity contribution in [2.75, 3.05) is 25.9 Å². The fourth-order valence-corrected chi connectivity index (χ4v) is 4.75. The van der Waals surface area contributed by atoms with Crippen molar-refractivity contribution in [2.24, 2.45) is 4.36 Å². The summed E-state index contributed by atoms with van der Waals surface area (Å²) in [5.41, 5.74) is 2.16. The number of hydrogen-bond donors (Lipinski definition) is 0. The normalized spacial score (nSPS) is 24.1. The zero-order valence-electron chi connectivity index (χ0n) is 11.5. The van der Waals surface area contributed by atoms with Crippen LogP contribution in [-0.2, 0) is 21.2 Å². The van der Waals surface area contributed by atoms with Gasteiger partial charge < -0.3 is 0 Å². The van der Waals surface area contributed by atoms with Crippen LogP contribution < -0.4 is 0 Å². The van der Waals surface area contributed by atoms with Crippen LogP contribution >= 0.6 is 0 Å². The fourth-order valence-electron chi connectivity index (χ4n) is 2.72. The maximum atomic E-state index is 11.7. The Kier molecular flexibility index (Phi) is 3.53. The summed E-state index contributed by atoms with van der Waals surface area (Å²) in [5, 5.41) is 0. The van der Waals surface area contributed by atoms with E-state index >= 15 is 0 Å². The number of rotatable bonds is 1. The van der Waals surface area contributed by atoms with Crippen LogP contribution in [0.3, 0.4) is 0 Å². The lowest BCUT2D eigenvalue weighted by molar-refractivity contribution is 0.209. The van der Waals surface area contributed by atoms with Crippen LogP contribution in [0.5, 0.6) is 0 Å². The van der Waals surface area contributed by atoms with E-state index < -0.39 is 10.0 Å². The molecule has 2 heterocycles. The Labute approximate surface area is 123 Å². The van der Waals surface area contributed by atoms with E-state index in [1.54, 1.807) is 4.31 Å². The molecule has 0 amide bonds. The van der Waals surface area contributed by atoms with E-state index in [2.05, 4.69) is 15.3 Å². The van der Waals surface area contributed by atoms with Crippen molar-refractivity contribution in [3.8, 4) is 0 Å². The molecule has 1 fully saturated rings. The summed E-state index contributed by atoms with van der Waals surface area (Å²) in [6.07, 6.45) is 1.28. The van der Waals surface area contributed by atoms with E-state index in [9.17, 15) is 8.42 Å². The highest BCUT2D eigenvalue weighted by Crippen LogP contribution is 2.26. The maximum Gasteiger partial charge on any atom is 0.211 e. The van der Waals surface area contributed by atoms with Crippen LogP contribution in [0.2, 0.25) is 0 Å². The molecule has 2 aliphatic heterocycles. The summed E-state index contributed by atoms with van der Waals surface area (Å²) in [6.45, 7) is 3.91. The van der Waals surface area contributed by atoms with Gasteiger partial charge in [-0.3, -0.25) is 4.90 Å². The molecule has 0 saturated carbocycles. The Balaban J connectivity index is 1.82. The molecular weight excluding hydrogens is 294 g/mol. The first-order chi connectivity index (χ1) is 9.47. The molecule has 7 heteroatoms. The smallest absolute Gasteiger partial charge is 0.211 e. The maximum absolute atomic E-state index is 11.7. The first kappa shape index (κ1) is 13.9. The van der Waals surface area contributed by atoms with Crippen molar-refractivity contribution < 1.29 is 8.42 Å². The summed E-state index contributed by atoms with van der Waals surface area (Å²) in [4.78, 5) is 3.38. The highest BCUT2D eigenvalue weighted by Gasteiger charge is 2.32. The van der Waals surface area contributed by atoms with E-state index in [-0.39, 0.29) is 6.04 Å². The third-order valence-corrected chi connectivity index (χ3v) is 5.98. The average Bonchev–Trinajstić information content (AvgIpc) is 2.80. The Hall–Kier alpha value is -1.02. The van der Waals surface area contributed by atoms with Gasteiger partial charge in [-0.2, -0.15) is 8.67 Å². The molecule has 1 saturated heterocycles. The molecule has 0 bridgehead atoms. The topological polar surface area (TPSA) is 53.0 Å². The van der Waals surface area contributed by atoms with E-state index in [1.165, 1.54) is 17.4 Å². The SMILES string of the molecule is CC1CN(C2=S=Nc3ccccc32)CCN1S(C)(=O)=O. The molecule has 3 rings (SSSR count). The molecule has 1 aromatic carbocycles. The van der Waals surface area contributed by atoms with Gasteiger partial charge in [0.2, 0.25) is 10.0 Å². The lowest BCUT2D eigenvalue weighted by Gasteiger charge is -2.38. The number of nitrogens with zero attached hydrogens (tertiary/aromatic N) is 3. The van der Waals surface area contributed by atoms with Crippen LogP contribution in [0, 0.1) is 0 Å². The van der Waals surface area contributed by atoms with Crippen molar-refractivity contribution in [2.45, 2.75) is 13.0 Å². The van der Waals surface area contributed by atoms with Crippen LogP contribution in [0.15, 0.2) is 28.6 Å². The van der Waals surface area contributed by atoms with Crippen molar-refractivity contribution in [3.63, 3.8) is 0 Å². The number of hydrogen-bond acceptors (Lipinski definition) is 4. The second-order valence-electron chi connectivity index (χ2n) is 5.17. The standard InChI is InChI=1S/C13H17N3O2S2/c1-10-9-15(7-8-16(10)20(2,17)18)13-11-5-3-4-6-12(11)14-19-13/h3-6,10H,7-9H2,1-2H3. The van der Waals surface area contributed by atoms with Gasteiger partial charge in [0.05, 0.1) is 16.9 Å². The average molecular weight is 311 g/mol. The Morgan fingerprint density at radius 3 is 2.75 bits per heavy atom. The molecule has 0 aliphatic carbocycles. The fraction of sp³-hybridized carbons (Fsp3) is 0.462. The van der Waals surface area contributed by atoms with Crippen LogP contribution in [0.1, 0.15) is 12.5 Å². The van der Waals surface area contributed by atoms with Gasteiger partial charge >= 0.3 is 0 Å². The molecule has 1 unspecified atom stereocenters. The van der Waals surface area contributed by atoms with Gasteiger partial charge in [0, 0.05) is 31.2 Å². The largest absolute Gasteiger partial charge is 0.262 e. The van der Waals surface area contributed by atoms with E-state index in [0.29, 0.717) is 19.6 Å². The summed E-state index contributed by atoms with van der Waals surface area (Å²) in [5.74, 6) is 0. The Morgan fingerprint density at radius 2 is 2.05 bits per heavy atom. The van der Waals surface area contributed by atoms with Gasteiger partial charge in [0.25, 0.3) is 0 Å². The first-order valence-corrected chi connectivity index (χ1v) is 9.15. The predicted octanol–water partition coefficient (Wildman–Crippen LogP) is 1.04. The first-order valence-electron chi connectivity index (χ1n) is 6.53. The zero-order chi connectivity index (χ0) is 14.3. The third kappa shape index (κ3) is 2.46. The molecule has 1 atom stereocenters. The van der Waals surface area contributed by atoms with Crippen LogP contribution in [0.4, 0.5) is 5.69 Å². The Morgan fingerprint density at radius 1 is 1.30 bits per heavy atom. The van der Waals surface area contributed by atoms with Crippen LogP contribution in [-0.4, -0.2) is 54.5 Å². The van der Waals surface area contributed by atoms with Gasteiger partial charge in [-0.05, 0) is 24.1 Å². The minimum Gasteiger partial charge on any atom is -0.262 e. The predicted molar refractivity (Wildman–Crippen MR) is 82.6 cm³/mol. The molecule has 0 radical (unpaired) electrons. The van der Waals surface area contributed by atoms with Crippen LogP contribution in [0.25, 0.3) is 0 Å². The number of fused-ring (bicyclic) bond motifs is 1. The van der Waals surface area contributed by atoms with Gasteiger partial charge in [0.1, 0.15) is 0 Å². The molecule has 2 aliphatic rings. The third-order valence-electron chi connectivity index (χ3n) is 3.64. The molecule has 108 valence electrons. The highest BCUT2D eigenvalue weighted by atomic mass is 32.2. The molecule has 5 nitrogen and oxygen atoms in total. The minimum atomic E-state index is -3.12. The molecule has 0 spiro atoms. The van der Waals surface area contributed by atoms with E-state index in [4.69, 9.17) is 0 Å². The molecule has 20 heavy (non-hydrogen) atoms. The van der Waals surface area contributed by atoms with Crippen molar-refractivity contribution in [1.82, 2.24) is 9.21 Å². The van der Waals surface area contributed by atoms with E-state index in [1.807, 2.05) is 25.1 Å². The van der Waals surface area contributed by atoms with Gasteiger partial charge in [-0.25, -0.2) is 8.42 Å². The molecule has 0 N–H and O–H groups in total. The highest BCUT2D eigenvalue weighted by molar-refractivity contribution is 7.88. The summed E-state index contributed by atoms with van der Waals surface area (Å²) >= 11 is 1.49. The summed E-state index contributed by atoms with van der Waals surface area (Å²) in [6, 6.07) is 8.05. The second kappa shape index (κ2) is 5.07. The lowest BCUT2D eigenvalue weighted by Crippen LogP contribution is -2.55. The lowest BCUT2D eigenvalue weighted by atomic mass is 10.1. The molecule has 1 aromatic rings.